The molecule has 0 saturated heterocycles. The number of aryl methyl sites for hydroxylation is 1. The topological polar surface area (TPSA) is 41.5 Å². The second-order valence-corrected chi connectivity index (χ2v) is 5.40. The molecule has 17 heavy (non-hydrogen) atoms. The van der Waals surface area contributed by atoms with Crippen LogP contribution in [0.1, 0.15) is 38.0 Å². The summed E-state index contributed by atoms with van der Waals surface area (Å²) < 4.78 is 5.48. The highest BCUT2D eigenvalue weighted by atomic mass is 16.5. The molecule has 1 aromatic rings. The first-order chi connectivity index (χ1) is 7.83. The number of phenols is 1. The predicted octanol–water partition coefficient (Wildman–Crippen LogP) is 2.78. The Kier molecular flexibility index (Phi) is 4.54. The molecule has 0 saturated carbocycles. The number of aromatic hydroxyl groups is 1. The maximum absolute atomic E-state index is 9.50. The quantitative estimate of drug-likeness (QED) is 0.846. The molecule has 1 atom stereocenters. The van der Waals surface area contributed by atoms with Gasteiger partial charge >= 0.3 is 0 Å². The van der Waals surface area contributed by atoms with Crippen molar-refractivity contribution in [3.05, 3.63) is 29.3 Å². The minimum absolute atomic E-state index is 0.00789. The molecule has 2 N–H and O–H groups in total. The molecule has 1 aromatic carbocycles. The van der Waals surface area contributed by atoms with Crippen LogP contribution < -0.4 is 5.32 Å². The molecule has 0 aliphatic carbocycles. The summed E-state index contributed by atoms with van der Waals surface area (Å²) in [6, 6.07) is 5.59. The monoisotopic (exact) mass is 237 g/mol. The summed E-state index contributed by atoms with van der Waals surface area (Å²) >= 11 is 0. The minimum atomic E-state index is 0.00789. The van der Waals surface area contributed by atoms with Crippen molar-refractivity contribution in [1.82, 2.24) is 5.32 Å². The van der Waals surface area contributed by atoms with Crippen molar-refractivity contribution >= 4 is 0 Å². The lowest BCUT2D eigenvalue weighted by molar-refractivity contribution is 0.0958. The Labute approximate surface area is 104 Å². The molecular weight excluding hydrogens is 214 g/mol. The molecule has 0 bridgehead atoms. The van der Waals surface area contributed by atoms with Gasteiger partial charge in [-0.3, -0.25) is 0 Å². The van der Waals surface area contributed by atoms with Crippen LogP contribution in [0.25, 0.3) is 0 Å². The van der Waals surface area contributed by atoms with Crippen LogP contribution in [0.3, 0.4) is 0 Å². The molecule has 1 unspecified atom stereocenters. The van der Waals surface area contributed by atoms with E-state index in [0.29, 0.717) is 5.75 Å². The molecular formula is C14H23NO2. The van der Waals surface area contributed by atoms with Gasteiger partial charge in [0.1, 0.15) is 5.75 Å². The fraction of sp³-hybridized carbons (Fsp3) is 0.571. The van der Waals surface area contributed by atoms with Gasteiger partial charge in [0.15, 0.2) is 0 Å². The van der Waals surface area contributed by atoms with Gasteiger partial charge in [-0.05, 0) is 51.0 Å². The van der Waals surface area contributed by atoms with E-state index in [4.69, 9.17) is 4.74 Å². The Balaban J connectivity index is 2.76. The molecule has 1 rings (SSSR count). The number of nitrogens with one attached hydrogen (secondary N) is 1. The molecule has 0 spiro atoms. The van der Waals surface area contributed by atoms with E-state index in [1.54, 1.807) is 13.2 Å². The predicted molar refractivity (Wildman–Crippen MR) is 70.3 cm³/mol. The lowest BCUT2D eigenvalue weighted by atomic mass is 10.0. The fourth-order valence-corrected chi connectivity index (χ4v) is 1.62. The second kappa shape index (κ2) is 5.52. The van der Waals surface area contributed by atoms with Gasteiger partial charge in [-0.15, -0.1) is 0 Å². The van der Waals surface area contributed by atoms with Crippen LogP contribution in [0.5, 0.6) is 5.75 Å². The smallest absolute Gasteiger partial charge is 0.118 e. The zero-order chi connectivity index (χ0) is 13.1. The van der Waals surface area contributed by atoms with Crippen molar-refractivity contribution < 1.29 is 9.84 Å². The van der Waals surface area contributed by atoms with E-state index in [9.17, 15) is 5.11 Å². The highest BCUT2D eigenvalue weighted by Gasteiger charge is 2.15. The average Bonchev–Trinajstić information content (AvgIpc) is 2.22. The Morgan fingerprint density at radius 2 is 2.00 bits per heavy atom. The zero-order valence-electron chi connectivity index (χ0n) is 11.4. The summed E-state index contributed by atoms with van der Waals surface area (Å²) in [7, 11) is 1.71. The SMILES string of the molecule is COC(CNC(C)(C)C)c1ccc(O)c(C)c1. The van der Waals surface area contributed by atoms with E-state index in [0.717, 1.165) is 17.7 Å². The van der Waals surface area contributed by atoms with Crippen molar-refractivity contribution in [2.75, 3.05) is 13.7 Å². The van der Waals surface area contributed by atoms with Crippen LogP contribution in [0.4, 0.5) is 0 Å². The third-order valence-electron chi connectivity index (χ3n) is 2.69. The summed E-state index contributed by atoms with van der Waals surface area (Å²) in [5, 5.41) is 12.9. The van der Waals surface area contributed by atoms with Crippen LogP contribution >= 0.6 is 0 Å². The van der Waals surface area contributed by atoms with E-state index in [2.05, 4.69) is 26.1 Å². The number of rotatable bonds is 4. The van der Waals surface area contributed by atoms with Gasteiger partial charge in [0.05, 0.1) is 6.10 Å². The second-order valence-electron chi connectivity index (χ2n) is 5.40. The van der Waals surface area contributed by atoms with Gasteiger partial charge in [0, 0.05) is 19.2 Å². The minimum Gasteiger partial charge on any atom is -0.508 e. The van der Waals surface area contributed by atoms with Gasteiger partial charge in [-0.2, -0.15) is 0 Å². The van der Waals surface area contributed by atoms with E-state index >= 15 is 0 Å². The zero-order valence-corrected chi connectivity index (χ0v) is 11.4. The number of methoxy groups -OCH3 is 1. The summed E-state index contributed by atoms with van der Waals surface area (Å²) in [6.45, 7) is 9.03. The van der Waals surface area contributed by atoms with Crippen molar-refractivity contribution in [2.24, 2.45) is 0 Å². The maximum Gasteiger partial charge on any atom is 0.118 e. The van der Waals surface area contributed by atoms with Gasteiger partial charge in [0.25, 0.3) is 0 Å². The van der Waals surface area contributed by atoms with Crippen molar-refractivity contribution in [2.45, 2.75) is 39.3 Å². The van der Waals surface area contributed by atoms with E-state index in [-0.39, 0.29) is 11.6 Å². The highest BCUT2D eigenvalue weighted by Crippen LogP contribution is 2.23. The van der Waals surface area contributed by atoms with E-state index in [1.807, 2.05) is 19.1 Å². The summed E-state index contributed by atoms with van der Waals surface area (Å²) in [6.07, 6.45) is 0.00789. The third kappa shape index (κ3) is 4.36. The van der Waals surface area contributed by atoms with Gasteiger partial charge in [0.2, 0.25) is 0 Å². The van der Waals surface area contributed by atoms with Crippen molar-refractivity contribution in [3.63, 3.8) is 0 Å². The van der Waals surface area contributed by atoms with Crippen molar-refractivity contribution in [1.29, 1.82) is 0 Å². The van der Waals surface area contributed by atoms with Crippen LogP contribution in [-0.2, 0) is 4.74 Å². The Morgan fingerprint density at radius 3 is 2.47 bits per heavy atom. The lowest BCUT2D eigenvalue weighted by Gasteiger charge is -2.25. The first kappa shape index (κ1) is 14.0. The maximum atomic E-state index is 9.50. The Bertz CT molecular complexity index is 369. The molecule has 0 aliphatic heterocycles. The highest BCUT2D eigenvalue weighted by molar-refractivity contribution is 5.36. The van der Waals surface area contributed by atoms with E-state index < -0.39 is 0 Å². The fourth-order valence-electron chi connectivity index (χ4n) is 1.62. The van der Waals surface area contributed by atoms with Gasteiger partial charge in [-0.25, -0.2) is 0 Å². The summed E-state index contributed by atoms with van der Waals surface area (Å²) in [5.41, 5.74) is 2.03. The van der Waals surface area contributed by atoms with Crippen LogP contribution in [0.2, 0.25) is 0 Å². The summed E-state index contributed by atoms with van der Waals surface area (Å²) in [5.74, 6) is 0.326. The van der Waals surface area contributed by atoms with Gasteiger partial charge < -0.3 is 15.2 Å². The van der Waals surface area contributed by atoms with Crippen molar-refractivity contribution in [3.8, 4) is 5.75 Å². The van der Waals surface area contributed by atoms with Crippen LogP contribution in [0.15, 0.2) is 18.2 Å². The molecule has 0 aromatic heterocycles. The number of benzene rings is 1. The summed E-state index contributed by atoms with van der Waals surface area (Å²) in [4.78, 5) is 0. The first-order valence-electron chi connectivity index (χ1n) is 5.91. The number of phenolic OH excluding ortho intramolecular Hbond substituents is 1. The Hall–Kier alpha value is -1.06. The third-order valence-corrected chi connectivity index (χ3v) is 2.69. The number of hydrogen-bond acceptors (Lipinski definition) is 3. The molecule has 0 fully saturated rings. The molecule has 0 radical (unpaired) electrons. The molecule has 0 amide bonds. The van der Waals surface area contributed by atoms with Gasteiger partial charge in [-0.1, -0.05) is 6.07 Å². The molecule has 0 aliphatic rings. The first-order valence-corrected chi connectivity index (χ1v) is 5.91. The average molecular weight is 237 g/mol. The standard InChI is InChI=1S/C14H23NO2/c1-10-8-11(6-7-12(10)16)13(17-5)9-15-14(2,3)4/h6-8,13,15-16H,9H2,1-5H3. The Morgan fingerprint density at radius 1 is 1.35 bits per heavy atom. The molecule has 3 heteroatoms. The normalized spacial score (nSPS) is 13.7. The largest absolute Gasteiger partial charge is 0.508 e. The number of ether oxygens (including phenoxy) is 1. The molecule has 0 heterocycles. The molecule has 3 nitrogen and oxygen atoms in total. The van der Waals surface area contributed by atoms with Crippen LogP contribution in [0, 0.1) is 6.92 Å². The van der Waals surface area contributed by atoms with E-state index in [1.165, 1.54) is 0 Å². The van der Waals surface area contributed by atoms with Crippen LogP contribution in [-0.4, -0.2) is 24.3 Å². The molecule has 96 valence electrons. The number of hydrogen-bond donors (Lipinski definition) is 2. The lowest BCUT2D eigenvalue weighted by Crippen LogP contribution is -2.38.